The van der Waals surface area contributed by atoms with Gasteiger partial charge in [0.05, 0.1) is 26.3 Å². The zero-order valence-corrected chi connectivity index (χ0v) is 20.2. The van der Waals surface area contributed by atoms with Gasteiger partial charge in [-0.15, -0.1) is 0 Å². The van der Waals surface area contributed by atoms with Crippen LogP contribution in [0, 0.1) is 17.8 Å². The van der Waals surface area contributed by atoms with Gasteiger partial charge in [-0.25, -0.2) is 4.98 Å². The van der Waals surface area contributed by atoms with Crippen LogP contribution in [0.15, 0.2) is 36.5 Å². The van der Waals surface area contributed by atoms with Crippen LogP contribution in [0.1, 0.15) is 42.3 Å². The molecule has 0 radical (unpaired) electrons. The number of amides is 2. The van der Waals surface area contributed by atoms with Crippen LogP contribution >= 0.6 is 0 Å². The van der Waals surface area contributed by atoms with Gasteiger partial charge in [-0.2, -0.15) is 0 Å². The third-order valence-electron chi connectivity index (χ3n) is 5.93. The number of aliphatic hydroxyl groups is 1. The highest BCUT2D eigenvalue weighted by molar-refractivity contribution is 5.97. The van der Waals surface area contributed by atoms with Crippen molar-refractivity contribution in [3.8, 4) is 23.5 Å². The molecule has 0 fully saturated rings. The molecule has 34 heavy (non-hydrogen) atoms. The molecular weight excluding hydrogens is 434 g/mol. The van der Waals surface area contributed by atoms with Crippen LogP contribution in [0.25, 0.3) is 0 Å². The molecule has 0 unspecified atom stereocenters. The number of aromatic nitrogens is 1. The quantitative estimate of drug-likeness (QED) is 0.681. The average molecular weight is 466 g/mol. The van der Waals surface area contributed by atoms with Crippen LogP contribution in [0.2, 0.25) is 0 Å². The number of fused-ring (bicyclic) bond motifs is 1. The Morgan fingerprint density at radius 1 is 1.35 bits per heavy atom. The number of methoxy groups -OCH3 is 1. The van der Waals surface area contributed by atoms with Crippen molar-refractivity contribution in [2.45, 2.75) is 32.9 Å². The third-order valence-corrected chi connectivity index (χ3v) is 5.93. The van der Waals surface area contributed by atoms with E-state index in [1.165, 1.54) is 6.92 Å². The van der Waals surface area contributed by atoms with Crippen LogP contribution in [0.5, 0.6) is 11.6 Å². The summed E-state index contributed by atoms with van der Waals surface area (Å²) in [6, 6.07) is 8.66. The van der Waals surface area contributed by atoms with Crippen molar-refractivity contribution >= 4 is 11.8 Å². The highest BCUT2D eigenvalue weighted by Crippen LogP contribution is 2.27. The fourth-order valence-corrected chi connectivity index (χ4v) is 3.63. The first-order chi connectivity index (χ1) is 16.2. The van der Waals surface area contributed by atoms with Crippen molar-refractivity contribution in [3.05, 3.63) is 53.2 Å². The number of likely N-dealkylation sites (N-methyl/N-ethyl adjacent to an activating group) is 1. The number of carbonyl (C=O) groups excluding carboxylic acids is 2. The second-order valence-corrected chi connectivity index (χ2v) is 8.58. The molecule has 1 aliphatic heterocycles. The monoisotopic (exact) mass is 465 g/mol. The molecule has 1 aromatic heterocycles. The van der Waals surface area contributed by atoms with E-state index in [9.17, 15) is 14.7 Å². The maximum atomic E-state index is 13.4. The molecule has 0 bridgehead atoms. The zero-order valence-electron chi connectivity index (χ0n) is 20.2. The number of pyridine rings is 1. The second-order valence-electron chi connectivity index (χ2n) is 8.58. The van der Waals surface area contributed by atoms with Crippen LogP contribution in [0.3, 0.4) is 0 Å². The second kappa shape index (κ2) is 11.0. The van der Waals surface area contributed by atoms with E-state index in [2.05, 4.69) is 16.8 Å². The van der Waals surface area contributed by atoms with Gasteiger partial charge in [0.1, 0.15) is 17.4 Å². The molecule has 1 N–H and O–H groups in total. The Hall–Kier alpha value is -3.57. The van der Waals surface area contributed by atoms with E-state index in [1.54, 1.807) is 43.1 Å². The van der Waals surface area contributed by atoms with Crippen LogP contribution in [-0.2, 0) is 4.79 Å². The maximum absolute atomic E-state index is 13.4. The molecule has 3 rings (SSSR count). The molecule has 0 saturated heterocycles. The predicted molar refractivity (Wildman–Crippen MR) is 128 cm³/mol. The highest BCUT2D eigenvalue weighted by atomic mass is 16.5. The minimum absolute atomic E-state index is 0.0779. The van der Waals surface area contributed by atoms with E-state index in [-0.39, 0.29) is 41.9 Å². The van der Waals surface area contributed by atoms with Crippen LogP contribution in [0.4, 0.5) is 0 Å². The molecule has 8 nitrogen and oxygen atoms in total. The molecule has 1 aliphatic rings. The van der Waals surface area contributed by atoms with E-state index in [0.29, 0.717) is 24.4 Å². The topological polar surface area (TPSA) is 92.2 Å². The van der Waals surface area contributed by atoms with Gasteiger partial charge in [-0.05, 0) is 31.2 Å². The van der Waals surface area contributed by atoms with Gasteiger partial charge < -0.3 is 24.4 Å². The summed E-state index contributed by atoms with van der Waals surface area (Å²) in [7, 11) is 3.31. The lowest BCUT2D eigenvalue weighted by atomic mass is 10.00. The van der Waals surface area contributed by atoms with Crippen molar-refractivity contribution in [3.63, 3.8) is 0 Å². The lowest BCUT2D eigenvalue weighted by Gasteiger charge is -2.37. The molecule has 0 spiro atoms. The summed E-state index contributed by atoms with van der Waals surface area (Å²) >= 11 is 0. The van der Waals surface area contributed by atoms with Gasteiger partial charge in [0.25, 0.3) is 5.91 Å². The van der Waals surface area contributed by atoms with Gasteiger partial charge in [-0.3, -0.25) is 9.59 Å². The summed E-state index contributed by atoms with van der Waals surface area (Å²) in [6.07, 6.45) is 1.19. The SMILES string of the molecule is COc1cccc(C#Cc2cnc3c(c2)C(=O)N([C@@H](C)CO)C[C@@H](C)[C@H](CN(C)C(C)=O)O3)c1. The third kappa shape index (κ3) is 5.86. The van der Waals surface area contributed by atoms with Crippen molar-refractivity contribution in [1.29, 1.82) is 0 Å². The highest BCUT2D eigenvalue weighted by Gasteiger charge is 2.34. The summed E-state index contributed by atoms with van der Waals surface area (Å²) in [6.45, 7) is 5.80. The summed E-state index contributed by atoms with van der Waals surface area (Å²) in [5.74, 6) is 6.56. The number of aliphatic hydroxyl groups excluding tert-OH is 1. The fraction of sp³-hybridized carbons (Fsp3) is 0.423. The van der Waals surface area contributed by atoms with Crippen LogP contribution < -0.4 is 9.47 Å². The Morgan fingerprint density at radius 3 is 2.76 bits per heavy atom. The summed E-state index contributed by atoms with van der Waals surface area (Å²) in [5, 5.41) is 9.77. The Labute approximate surface area is 200 Å². The fourth-order valence-electron chi connectivity index (χ4n) is 3.63. The lowest BCUT2D eigenvalue weighted by molar-refractivity contribution is -0.129. The molecule has 2 heterocycles. The van der Waals surface area contributed by atoms with Crippen molar-refractivity contribution in [1.82, 2.24) is 14.8 Å². The number of hydrogen-bond acceptors (Lipinski definition) is 6. The minimum Gasteiger partial charge on any atom is -0.497 e. The van der Waals surface area contributed by atoms with E-state index < -0.39 is 6.04 Å². The number of rotatable bonds is 5. The van der Waals surface area contributed by atoms with E-state index in [0.717, 1.165) is 5.56 Å². The molecule has 1 aromatic carbocycles. The standard InChI is InChI=1S/C26H31N3O5/c1-17-14-29(18(2)16-30)26(32)23-12-21(10-9-20-7-6-8-22(11-20)33-5)13-27-25(23)34-24(17)15-28(4)19(3)31/h6-8,11-13,17-18,24,30H,14-16H2,1-5H3/t17-,18+,24+/m1/s1. The summed E-state index contributed by atoms with van der Waals surface area (Å²) in [4.78, 5) is 32.9. The normalized spacial score (nSPS) is 18.4. The minimum atomic E-state index is -0.390. The molecule has 8 heteroatoms. The number of nitrogens with zero attached hydrogens (tertiary/aromatic N) is 3. The number of carbonyl (C=O) groups is 2. The van der Waals surface area contributed by atoms with Gasteiger partial charge in [0, 0.05) is 43.8 Å². The molecule has 2 aromatic rings. The largest absolute Gasteiger partial charge is 0.497 e. The number of hydrogen-bond donors (Lipinski definition) is 1. The molecule has 0 aliphatic carbocycles. The lowest BCUT2D eigenvalue weighted by Crippen LogP contribution is -2.50. The van der Waals surface area contributed by atoms with Crippen molar-refractivity contribution in [2.75, 3.05) is 33.9 Å². The zero-order chi connectivity index (χ0) is 24.8. The first-order valence-corrected chi connectivity index (χ1v) is 11.2. The molecule has 2 amide bonds. The smallest absolute Gasteiger partial charge is 0.259 e. The first kappa shape index (κ1) is 25.1. The van der Waals surface area contributed by atoms with E-state index in [1.807, 2.05) is 31.2 Å². The Balaban J connectivity index is 2.00. The first-order valence-electron chi connectivity index (χ1n) is 11.2. The maximum Gasteiger partial charge on any atom is 0.259 e. The van der Waals surface area contributed by atoms with E-state index >= 15 is 0 Å². The number of ether oxygens (including phenoxy) is 2. The average Bonchev–Trinajstić information content (AvgIpc) is 2.84. The summed E-state index contributed by atoms with van der Waals surface area (Å²) < 4.78 is 11.4. The Bertz CT molecular complexity index is 1110. The molecular formula is C26H31N3O5. The molecule has 0 saturated carbocycles. The predicted octanol–water partition coefficient (Wildman–Crippen LogP) is 2.19. The number of benzene rings is 1. The molecule has 180 valence electrons. The van der Waals surface area contributed by atoms with Gasteiger partial charge in [0.2, 0.25) is 11.8 Å². The van der Waals surface area contributed by atoms with Gasteiger partial charge in [-0.1, -0.05) is 24.8 Å². The van der Waals surface area contributed by atoms with E-state index in [4.69, 9.17) is 9.47 Å². The van der Waals surface area contributed by atoms with Crippen molar-refractivity contribution in [2.24, 2.45) is 5.92 Å². The van der Waals surface area contributed by atoms with Crippen molar-refractivity contribution < 1.29 is 24.2 Å². The Morgan fingerprint density at radius 2 is 2.09 bits per heavy atom. The van der Waals surface area contributed by atoms with Crippen LogP contribution in [-0.4, -0.2) is 77.7 Å². The summed E-state index contributed by atoms with van der Waals surface area (Å²) in [5.41, 5.74) is 1.60. The van der Waals surface area contributed by atoms with Gasteiger partial charge >= 0.3 is 0 Å². The van der Waals surface area contributed by atoms with Gasteiger partial charge in [0.15, 0.2) is 0 Å². The molecule has 3 atom stereocenters. The Kier molecular flexibility index (Phi) is 8.13.